The molecule has 0 aliphatic rings. The van der Waals surface area contributed by atoms with E-state index in [1.165, 1.54) is 0 Å². The summed E-state index contributed by atoms with van der Waals surface area (Å²) in [5.74, 6) is -1.02. The minimum atomic E-state index is -1.02. The Hall–Kier alpha value is -0.830. The van der Waals surface area contributed by atoms with Gasteiger partial charge >= 0.3 is 12.1 Å². The zero-order valence-corrected chi connectivity index (χ0v) is 6.23. The molecular weight excluding hydrogens is 159 g/mol. The van der Waals surface area contributed by atoms with Gasteiger partial charge in [0.05, 0.1) is 15.9 Å². The molecule has 0 saturated carbocycles. The third-order valence-corrected chi connectivity index (χ3v) is 0.825. The summed E-state index contributed by atoms with van der Waals surface area (Å²) < 4.78 is 8.23. The Morgan fingerprint density at radius 3 is 2.50 bits per heavy atom. The highest BCUT2D eigenvalue weighted by atomic mass is 31.0. The van der Waals surface area contributed by atoms with E-state index in [-0.39, 0.29) is 13.0 Å². The van der Waals surface area contributed by atoms with Crippen molar-refractivity contribution in [1.82, 2.24) is 0 Å². The first-order valence-electron chi connectivity index (χ1n) is 2.42. The van der Waals surface area contributed by atoms with E-state index in [0.29, 0.717) is 0 Å². The van der Waals surface area contributed by atoms with Crippen molar-refractivity contribution in [3.63, 3.8) is 0 Å². The Kier molecular flexibility index (Phi) is 4.58. The molecule has 0 spiro atoms. The molecule has 0 heterocycles. The molecule has 0 bridgehead atoms. The predicted octanol–water partition coefficient (Wildman–Crippen LogP) is 0.404. The summed E-state index contributed by atoms with van der Waals surface area (Å²) in [4.78, 5) is 20.0. The highest BCUT2D eigenvalue weighted by molar-refractivity contribution is 7.10. The quantitative estimate of drug-likeness (QED) is 0.485. The van der Waals surface area contributed by atoms with Gasteiger partial charge in [0.25, 0.3) is 0 Å². The van der Waals surface area contributed by atoms with Gasteiger partial charge in [0.1, 0.15) is 6.61 Å². The number of carbonyl (C=O) groups is 2. The summed E-state index contributed by atoms with van der Waals surface area (Å²) in [6, 6.07) is 0. The zero-order chi connectivity index (χ0) is 7.98. The summed E-state index contributed by atoms with van der Waals surface area (Å²) in [7, 11) is 1.69. The van der Waals surface area contributed by atoms with Crippen molar-refractivity contribution >= 4 is 21.6 Å². The normalized spacial score (nSPS) is 8.50. The van der Waals surface area contributed by atoms with Gasteiger partial charge in [0, 0.05) is 0 Å². The monoisotopic (exact) mass is 166 g/mol. The first-order valence-corrected chi connectivity index (χ1v) is 2.89. The molecule has 0 amide bonds. The fourth-order valence-corrected chi connectivity index (χ4v) is 0.324. The van der Waals surface area contributed by atoms with Crippen molar-refractivity contribution in [2.75, 3.05) is 6.61 Å². The molecule has 6 heteroatoms. The number of ether oxygens (including phenoxy) is 1. The average Bonchev–Trinajstić information content (AvgIpc) is 1.87. The fraction of sp³-hybridized carbons (Fsp3) is 0.500. The van der Waals surface area contributed by atoms with Crippen LogP contribution in [0.4, 0.5) is 4.79 Å². The summed E-state index contributed by atoms with van der Waals surface area (Å²) >= 11 is 0. The lowest BCUT2D eigenvalue weighted by Crippen LogP contribution is -2.07. The van der Waals surface area contributed by atoms with Crippen LogP contribution in [0.2, 0.25) is 0 Å². The van der Waals surface area contributed by atoms with Crippen molar-refractivity contribution in [3.05, 3.63) is 0 Å². The van der Waals surface area contributed by atoms with Crippen LogP contribution >= 0.6 is 9.47 Å². The Morgan fingerprint density at radius 2 is 2.10 bits per heavy atom. The maximum Gasteiger partial charge on any atom is 0.510 e. The molecule has 1 N–H and O–H groups in total. The van der Waals surface area contributed by atoms with Crippen molar-refractivity contribution in [2.45, 2.75) is 6.42 Å². The highest BCUT2D eigenvalue weighted by Gasteiger charge is 2.01. The van der Waals surface area contributed by atoms with Crippen LogP contribution in [0.5, 0.6) is 0 Å². The number of carboxylic acids is 1. The largest absolute Gasteiger partial charge is 0.510 e. The van der Waals surface area contributed by atoms with Gasteiger partial charge in [-0.05, 0) is 0 Å². The maximum absolute atomic E-state index is 10.1. The predicted molar refractivity (Wildman–Crippen MR) is 34.4 cm³/mol. The molecule has 0 radical (unpaired) electrons. The summed E-state index contributed by atoms with van der Waals surface area (Å²) in [5.41, 5.74) is 0. The van der Waals surface area contributed by atoms with Crippen LogP contribution in [0.15, 0.2) is 0 Å². The van der Waals surface area contributed by atoms with Crippen LogP contribution in [0, 0.1) is 0 Å². The Balaban J connectivity index is 3.20. The van der Waals surface area contributed by atoms with E-state index in [1.807, 2.05) is 0 Å². The van der Waals surface area contributed by atoms with Gasteiger partial charge in [-0.3, -0.25) is 4.79 Å². The molecule has 0 fully saturated rings. The smallest absolute Gasteiger partial charge is 0.481 e. The van der Waals surface area contributed by atoms with Crippen LogP contribution in [-0.4, -0.2) is 23.8 Å². The summed E-state index contributed by atoms with van der Waals surface area (Å²) in [5, 5.41) is 8.06. The Labute approximate surface area is 59.6 Å². The Bertz CT molecular complexity index is 134. The molecule has 1 atom stereocenters. The van der Waals surface area contributed by atoms with Gasteiger partial charge < -0.3 is 14.4 Å². The molecule has 0 aliphatic carbocycles. The molecule has 0 aromatic carbocycles. The van der Waals surface area contributed by atoms with E-state index in [9.17, 15) is 9.59 Å². The molecule has 1 unspecified atom stereocenters. The van der Waals surface area contributed by atoms with Gasteiger partial charge in [-0.15, -0.1) is 0 Å². The van der Waals surface area contributed by atoms with E-state index < -0.39 is 12.1 Å². The number of carboxylic acid groups (broad SMARTS) is 1. The van der Waals surface area contributed by atoms with Crippen molar-refractivity contribution in [1.29, 1.82) is 0 Å². The lowest BCUT2D eigenvalue weighted by atomic mass is 10.5. The lowest BCUT2D eigenvalue weighted by molar-refractivity contribution is -0.137. The van der Waals surface area contributed by atoms with E-state index in [1.54, 1.807) is 9.47 Å². The third kappa shape index (κ3) is 5.31. The van der Waals surface area contributed by atoms with Crippen LogP contribution in [-0.2, 0) is 14.1 Å². The highest BCUT2D eigenvalue weighted by Crippen LogP contribution is 1.92. The molecule has 0 aromatic heterocycles. The number of hydrogen-bond donors (Lipinski definition) is 1. The second-order valence-electron chi connectivity index (χ2n) is 1.36. The van der Waals surface area contributed by atoms with Gasteiger partial charge in [0.15, 0.2) is 0 Å². The first-order chi connectivity index (χ1) is 4.66. The maximum atomic E-state index is 10.1. The number of carbonyl (C=O) groups excluding carboxylic acids is 1. The van der Waals surface area contributed by atoms with Crippen molar-refractivity contribution < 1.29 is 24.0 Å². The molecule has 0 saturated heterocycles. The molecule has 0 aromatic rings. The van der Waals surface area contributed by atoms with Gasteiger partial charge in [-0.25, -0.2) is 4.79 Å². The minimum absolute atomic E-state index is 0.164. The molecule has 0 rings (SSSR count). The average molecular weight is 166 g/mol. The van der Waals surface area contributed by atoms with Crippen LogP contribution in [0.1, 0.15) is 6.42 Å². The van der Waals surface area contributed by atoms with E-state index >= 15 is 0 Å². The lowest BCUT2D eigenvalue weighted by Gasteiger charge is -1.98. The second-order valence-corrected chi connectivity index (χ2v) is 1.60. The van der Waals surface area contributed by atoms with Crippen LogP contribution in [0.3, 0.4) is 0 Å². The Morgan fingerprint density at radius 1 is 1.50 bits per heavy atom. The summed E-state index contributed by atoms with van der Waals surface area (Å²) in [6.07, 6.45) is -1.11. The SMILES string of the molecule is O=C(O)CCOC(=O)OP. The van der Waals surface area contributed by atoms with E-state index in [2.05, 4.69) is 9.26 Å². The molecule has 58 valence electrons. The number of aliphatic carboxylic acids is 1. The first kappa shape index (κ1) is 9.17. The van der Waals surface area contributed by atoms with E-state index in [0.717, 1.165) is 0 Å². The molecular formula is C4H7O5P. The van der Waals surface area contributed by atoms with E-state index in [4.69, 9.17) is 5.11 Å². The fourth-order valence-electron chi connectivity index (χ4n) is 0.256. The minimum Gasteiger partial charge on any atom is -0.481 e. The van der Waals surface area contributed by atoms with Gasteiger partial charge in [-0.1, -0.05) is 0 Å². The van der Waals surface area contributed by atoms with Gasteiger partial charge in [0.2, 0.25) is 0 Å². The standard InChI is InChI=1S/C4H7O5P/c5-3(6)1-2-8-4(7)9-10/h1-2,10H2,(H,5,6). The number of rotatable bonds is 3. The van der Waals surface area contributed by atoms with Crippen molar-refractivity contribution in [3.8, 4) is 0 Å². The van der Waals surface area contributed by atoms with Gasteiger partial charge in [-0.2, -0.15) is 0 Å². The van der Waals surface area contributed by atoms with Crippen molar-refractivity contribution in [2.24, 2.45) is 0 Å². The zero-order valence-electron chi connectivity index (χ0n) is 5.07. The van der Waals surface area contributed by atoms with Crippen LogP contribution < -0.4 is 0 Å². The molecule has 0 aliphatic heterocycles. The molecule has 10 heavy (non-hydrogen) atoms. The second kappa shape index (κ2) is 4.99. The summed E-state index contributed by atoms with van der Waals surface area (Å²) in [6.45, 7) is -0.164. The molecule has 5 nitrogen and oxygen atoms in total. The van der Waals surface area contributed by atoms with Crippen LogP contribution in [0.25, 0.3) is 0 Å². The third-order valence-electron chi connectivity index (χ3n) is 0.632. The topological polar surface area (TPSA) is 72.8 Å². The number of hydrogen-bond acceptors (Lipinski definition) is 4.